The van der Waals surface area contributed by atoms with E-state index in [1.807, 2.05) is 25.3 Å². The Labute approximate surface area is 154 Å². The second-order valence-corrected chi connectivity index (χ2v) is 7.69. The molecule has 1 aliphatic rings. The Bertz CT molecular complexity index is 956. The molecule has 1 aromatic carbocycles. The fourth-order valence-electron chi connectivity index (χ4n) is 4.13. The molecule has 2 aromatic heterocycles. The van der Waals surface area contributed by atoms with E-state index in [0.717, 1.165) is 48.1 Å². The predicted octanol–water partition coefficient (Wildman–Crippen LogP) is 4.41. The SMILES string of the molecule is Cc1ccc(CCn2c3c(c4c(C)ccc(F)c42)CN(C)C(C)C3)cn1. The minimum Gasteiger partial charge on any atom is -0.341 e. The lowest BCUT2D eigenvalue weighted by atomic mass is 9.98. The zero-order chi connectivity index (χ0) is 18.4. The molecule has 4 rings (SSSR count). The van der Waals surface area contributed by atoms with Gasteiger partial charge in [0.15, 0.2) is 0 Å². The molecule has 0 aliphatic carbocycles. The number of likely N-dealkylation sites (N-methyl/N-ethyl adjacent to an activating group) is 1. The van der Waals surface area contributed by atoms with Gasteiger partial charge in [0.1, 0.15) is 5.82 Å². The lowest BCUT2D eigenvalue weighted by molar-refractivity contribution is 0.228. The average molecular weight is 351 g/mol. The summed E-state index contributed by atoms with van der Waals surface area (Å²) in [5.41, 5.74) is 6.77. The third kappa shape index (κ3) is 2.82. The van der Waals surface area contributed by atoms with Gasteiger partial charge in [-0.3, -0.25) is 9.88 Å². The third-order valence-electron chi connectivity index (χ3n) is 5.83. The molecule has 3 nitrogen and oxygen atoms in total. The molecule has 26 heavy (non-hydrogen) atoms. The van der Waals surface area contributed by atoms with Gasteiger partial charge in [-0.1, -0.05) is 12.1 Å². The summed E-state index contributed by atoms with van der Waals surface area (Å²) in [5.74, 6) is -0.114. The highest BCUT2D eigenvalue weighted by atomic mass is 19.1. The summed E-state index contributed by atoms with van der Waals surface area (Å²) in [7, 11) is 2.16. The second-order valence-electron chi connectivity index (χ2n) is 7.69. The Hall–Kier alpha value is -2.20. The van der Waals surface area contributed by atoms with Crippen molar-refractivity contribution in [3.63, 3.8) is 0 Å². The van der Waals surface area contributed by atoms with Crippen molar-refractivity contribution in [1.82, 2.24) is 14.5 Å². The summed E-state index contributed by atoms with van der Waals surface area (Å²) in [6, 6.07) is 8.15. The smallest absolute Gasteiger partial charge is 0.147 e. The molecule has 1 atom stereocenters. The quantitative estimate of drug-likeness (QED) is 0.697. The number of hydrogen-bond acceptors (Lipinski definition) is 2. The first-order chi connectivity index (χ1) is 12.5. The molecule has 0 saturated carbocycles. The van der Waals surface area contributed by atoms with Gasteiger partial charge in [0.2, 0.25) is 0 Å². The van der Waals surface area contributed by atoms with Crippen molar-refractivity contribution >= 4 is 10.9 Å². The van der Waals surface area contributed by atoms with E-state index in [2.05, 4.69) is 41.4 Å². The molecule has 3 aromatic rings. The van der Waals surface area contributed by atoms with E-state index in [1.165, 1.54) is 16.8 Å². The van der Waals surface area contributed by atoms with E-state index >= 15 is 0 Å². The van der Waals surface area contributed by atoms with Crippen LogP contribution in [0, 0.1) is 19.7 Å². The van der Waals surface area contributed by atoms with Crippen LogP contribution in [0.3, 0.4) is 0 Å². The number of pyridine rings is 1. The fraction of sp³-hybridized carbons (Fsp3) is 0.409. The highest BCUT2D eigenvalue weighted by Gasteiger charge is 2.28. The van der Waals surface area contributed by atoms with E-state index < -0.39 is 0 Å². The van der Waals surface area contributed by atoms with Crippen LogP contribution >= 0.6 is 0 Å². The standard InChI is InChI=1S/C22H26FN3/c1-14-5-8-19(23)22-21(14)18-13-25(4)16(3)11-20(18)26(22)10-9-17-7-6-15(2)24-12-17/h5-8,12,16H,9-11,13H2,1-4H3. The van der Waals surface area contributed by atoms with Gasteiger partial charge in [0.25, 0.3) is 0 Å². The van der Waals surface area contributed by atoms with Gasteiger partial charge in [-0.2, -0.15) is 0 Å². The molecule has 3 heterocycles. The number of hydrogen-bond donors (Lipinski definition) is 0. The lowest BCUT2D eigenvalue weighted by Crippen LogP contribution is -2.35. The summed E-state index contributed by atoms with van der Waals surface area (Å²) in [5, 5.41) is 1.11. The van der Waals surface area contributed by atoms with Crippen molar-refractivity contribution in [2.24, 2.45) is 0 Å². The Kier molecular flexibility index (Phi) is 4.31. The molecule has 0 bridgehead atoms. The maximum absolute atomic E-state index is 14.8. The van der Waals surface area contributed by atoms with E-state index in [0.29, 0.717) is 6.04 Å². The summed E-state index contributed by atoms with van der Waals surface area (Å²) in [6.45, 7) is 8.01. The van der Waals surface area contributed by atoms with Crippen molar-refractivity contribution < 1.29 is 4.39 Å². The minimum atomic E-state index is -0.114. The van der Waals surface area contributed by atoms with Crippen LogP contribution < -0.4 is 0 Å². The molecule has 1 unspecified atom stereocenters. The van der Waals surface area contributed by atoms with E-state index in [4.69, 9.17) is 0 Å². The van der Waals surface area contributed by atoms with Crippen molar-refractivity contribution in [1.29, 1.82) is 0 Å². The largest absolute Gasteiger partial charge is 0.341 e. The van der Waals surface area contributed by atoms with Gasteiger partial charge in [-0.25, -0.2) is 4.39 Å². The zero-order valence-corrected chi connectivity index (χ0v) is 16.0. The number of nitrogens with zero attached hydrogens (tertiary/aromatic N) is 3. The molecule has 136 valence electrons. The Balaban J connectivity index is 1.81. The van der Waals surface area contributed by atoms with Gasteiger partial charge >= 0.3 is 0 Å². The molecule has 0 saturated heterocycles. The topological polar surface area (TPSA) is 21.1 Å². The first kappa shape index (κ1) is 17.2. The second kappa shape index (κ2) is 6.51. The monoisotopic (exact) mass is 351 g/mol. The average Bonchev–Trinajstić information content (AvgIpc) is 2.93. The van der Waals surface area contributed by atoms with E-state index in [1.54, 1.807) is 6.07 Å². The summed E-state index contributed by atoms with van der Waals surface area (Å²) in [6.07, 6.45) is 3.76. The molecule has 0 amide bonds. The van der Waals surface area contributed by atoms with Crippen LogP contribution in [0.5, 0.6) is 0 Å². The summed E-state index contributed by atoms with van der Waals surface area (Å²) in [4.78, 5) is 6.75. The minimum absolute atomic E-state index is 0.114. The molecule has 4 heteroatoms. The Morgan fingerprint density at radius 3 is 2.73 bits per heavy atom. The highest BCUT2D eigenvalue weighted by molar-refractivity contribution is 5.89. The zero-order valence-electron chi connectivity index (χ0n) is 16.0. The number of rotatable bonds is 3. The number of aryl methyl sites for hydroxylation is 4. The molecule has 0 N–H and O–H groups in total. The molecule has 1 aliphatic heterocycles. The lowest BCUT2D eigenvalue weighted by Gasteiger charge is -2.31. The van der Waals surface area contributed by atoms with Gasteiger partial charge in [0, 0.05) is 48.5 Å². The maximum Gasteiger partial charge on any atom is 0.147 e. The number of benzene rings is 1. The first-order valence-electron chi connectivity index (χ1n) is 9.36. The highest BCUT2D eigenvalue weighted by Crippen LogP contribution is 2.35. The van der Waals surface area contributed by atoms with Crippen molar-refractivity contribution in [2.75, 3.05) is 7.05 Å². The van der Waals surface area contributed by atoms with Crippen LogP contribution in [0.25, 0.3) is 10.9 Å². The van der Waals surface area contributed by atoms with E-state index in [9.17, 15) is 4.39 Å². The summed E-state index contributed by atoms with van der Waals surface area (Å²) >= 11 is 0. The molecule has 0 radical (unpaired) electrons. The van der Waals surface area contributed by atoms with Gasteiger partial charge in [-0.05, 0) is 63.1 Å². The molecule has 0 spiro atoms. The van der Waals surface area contributed by atoms with Crippen LogP contribution in [-0.2, 0) is 25.9 Å². The third-order valence-corrected chi connectivity index (χ3v) is 5.83. The molecule has 0 fully saturated rings. The van der Waals surface area contributed by atoms with Gasteiger partial charge in [-0.15, -0.1) is 0 Å². The van der Waals surface area contributed by atoms with Crippen molar-refractivity contribution in [2.45, 2.75) is 52.7 Å². The van der Waals surface area contributed by atoms with Crippen LogP contribution in [0.2, 0.25) is 0 Å². The Morgan fingerprint density at radius 2 is 2.00 bits per heavy atom. The van der Waals surface area contributed by atoms with Crippen molar-refractivity contribution in [3.05, 3.63) is 64.4 Å². The summed E-state index contributed by atoms with van der Waals surface area (Å²) < 4.78 is 17.1. The predicted molar refractivity (Wildman–Crippen MR) is 104 cm³/mol. The number of halogens is 1. The van der Waals surface area contributed by atoms with Crippen LogP contribution in [0.1, 0.15) is 35.0 Å². The van der Waals surface area contributed by atoms with E-state index in [-0.39, 0.29) is 5.82 Å². The van der Waals surface area contributed by atoms with Crippen LogP contribution in [0.4, 0.5) is 4.39 Å². The normalized spacial score (nSPS) is 17.7. The van der Waals surface area contributed by atoms with Crippen LogP contribution in [-0.4, -0.2) is 27.5 Å². The maximum atomic E-state index is 14.8. The molecular formula is C22H26FN3. The Morgan fingerprint density at radius 1 is 1.19 bits per heavy atom. The molecular weight excluding hydrogens is 325 g/mol. The van der Waals surface area contributed by atoms with Gasteiger partial charge in [0.05, 0.1) is 5.52 Å². The fourth-order valence-corrected chi connectivity index (χ4v) is 4.13. The van der Waals surface area contributed by atoms with Gasteiger partial charge < -0.3 is 4.57 Å². The van der Waals surface area contributed by atoms with Crippen LogP contribution in [0.15, 0.2) is 30.5 Å². The number of fused-ring (bicyclic) bond motifs is 3. The van der Waals surface area contributed by atoms with Crippen molar-refractivity contribution in [3.8, 4) is 0 Å². The first-order valence-corrected chi connectivity index (χ1v) is 9.36. The number of aromatic nitrogens is 2.